The van der Waals surface area contributed by atoms with Crippen molar-refractivity contribution in [2.24, 2.45) is 0 Å². The average molecular weight is 555 g/mol. The topological polar surface area (TPSA) is 87.2 Å². The van der Waals surface area contributed by atoms with Crippen molar-refractivity contribution in [2.75, 3.05) is 41.0 Å². The van der Waals surface area contributed by atoms with Crippen molar-refractivity contribution >= 4 is 87.1 Å². The summed E-state index contributed by atoms with van der Waals surface area (Å²) in [5, 5.41) is 10.0. The van der Waals surface area contributed by atoms with Crippen molar-refractivity contribution in [1.82, 2.24) is 4.90 Å². The van der Waals surface area contributed by atoms with Gasteiger partial charge in [-0.25, -0.2) is 0 Å². The maximum Gasteiger partial charge on any atom is 0.326 e. The molecule has 0 unspecified atom stereocenters. The summed E-state index contributed by atoms with van der Waals surface area (Å²) in [5.74, 6) is 1.88. The number of aliphatic carboxylic acids is 1. The molecule has 0 aromatic heterocycles. The minimum atomic E-state index is -0.950. The lowest BCUT2D eigenvalue weighted by Gasteiger charge is -2.21. The van der Waals surface area contributed by atoms with E-state index in [9.17, 15) is 19.5 Å². The van der Waals surface area contributed by atoms with Gasteiger partial charge < -0.3 is 14.7 Å². The van der Waals surface area contributed by atoms with Crippen molar-refractivity contribution in [3.8, 4) is 0 Å². The number of carboxylic acid groups (broad SMARTS) is 1. The molecule has 180 valence electrons. The SMILES string of the molecule is O=C(O)CN1C(=CC=C2SC(=S)N(CC(=O)OC3CSCCCSC3)C2=O)Sc2ccccc21. The molecule has 34 heavy (non-hydrogen) atoms. The van der Waals surface area contributed by atoms with Crippen LogP contribution >= 0.6 is 59.3 Å². The Morgan fingerprint density at radius 3 is 2.56 bits per heavy atom. The van der Waals surface area contributed by atoms with Gasteiger partial charge in [0.1, 0.15) is 23.5 Å². The molecule has 2 saturated heterocycles. The molecule has 1 aromatic carbocycles. The van der Waals surface area contributed by atoms with Crippen molar-refractivity contribution in [2.45, 2.75) is 17.4 Å². The highest BCUT2D eigenvalue weighted by atomic mass is 32.2. The van der Waals surface area contributed by atoms with Gasteiger partial charge in [0, 0.05) is 16.4 Å². The van der Waals surface area contributed by atoms with Gasteiger partial charge in [-0.3, -0.25) is 19.3 Å². The van der Waals surface area contributed by atoms with Crippen LogP contribution in [-0.4, -0.2) is 74.4 Å². The Labute approximate surface area is 220 Å². The van der Waals surface area contributed by atoms with E-state index in [4.69, 9.17) is 17.0 Å². The molecule has 1 amide bonds. The van der Waals surface area contributed by atoms with E-state index >= 15 is 0 Å². The highest BCUT2D eigenvalue weighted by Gasteiger charge is 2.34. The normalized spacial score (nSPS) is 21.6. The van der Waals surface area contributed by atoms with Crippen LogP contribution in [0.2, 0.25) is 0 Å². The van der Waals surface area contributed by atoms with E-state index in [1.165, 1.54) is 16.7 Å². The highest BCUT2D eigenvalue weighted by molar-refractivity contribution is 8.26. The fourth-order valence-electron chi connectivity index (χ4n) is 3.43. The molecule has 0 radical (unpaired) electrons. The Morgan fingerprint density at radius 2 is 1.82 bits per heavy atom. The van der Waals surface area contributed by atoms with Crippen LogP contribution < -0.4 is 4.90 Å². The van der Waals surface area contributed by atoms with Crippen LogP contribution in [0.25, 0.3) is 0 Å². The van der Waals surface area contributed by atoms with Crippen molar-refractivity contribution in [3.63, 3.8) is 0 Å². The predicted octanol–water partition coefficient (Wildman–Crippen LogP) is 4.05. The summed E-state index contributed by atoms with van der Waals surface area (Å²) in [6.45, 7) is -0.399. The molecule has 3 heterocycles. The number of benzene rings is 1. The summed E-state index contributed by atoms with van der Waals surface area (Å²) in [6.07, 6.45) is 4.35. The quantitative estimate of drug-likeness (QED) is 0.314. The van der Waals surface area contributed by atoms with Gasteiger partial charge in [0.15, 0.2) is 0 Å². The number of rotatable bonds is 6. The number of fused-ring (bicyclic) bond motifs is 1. The molecule has 7 nitrogen and oxygen atoms in total. The third-order valence-corrected chi connectivity index (χ3v) is 9.85. The van der Waals surface area contributed by atoms with Crippen molar-refractivity contribution in [3.05, 3.63) is 46.4 Å². The van der Waals surface area contributed by atoms with Crippen LogP contribution in [0.4, 0.5) is 5.69 Å². The van der Waals surface area contributed by atoms with E-state index in [0.29, 0.717) is 14.3 Å². The predicted molar refractivity (Wildman–Crippen MR) is 144 cm³/mol. The standard InChI is InChI=1S/C22H22N2O5S5/c25-19(26)10-23-15-4-1-2-5-16(15)33-18(23)7-6-17-21(28)24(22(30)34-17)11-20(27)29-14-12-31-8-3-9-32-13-14/h1-2,4-7,14H,3,8-13H2,(H,25,26). The number of carboxylic acids is 1. The second kappa shape index (κ2) is 11.9. The number of esters is 1. The molecule has 4 rings (SSSR count). The molecule has 1 N–H and O–H groups in total. The molecule has 0 aliphatic carbocycles. The summed E-state index contributed by atoms with van der Waals surface area (Å²) in [7, 11) is 0. The van der Waals surface area contributed by atoms with E-state index in [2.05, 4.69) is 0 Å². The molecule has 3 aliphatic heterocycles. The Balaban J connectivity index is 1.41. The molecule has 12 heteroatoms. The first-order valence-electron chi connectivity index (χ1n) is 10.5. The molecular weight excluding hydrogens is 533 g/mol. The van der Waals surface area contributed by atoms with Gasteiger partial charge >= 0.3 is 11.9 Å². The lowest BCUT2D eigenvalue weighted by molar-refractivity contribution is -0.149. The van der Waals surface area contributed by atoms with E-state index < -0.39 is 11.9 Å². The Kier molecular flexibility index (Phi) is 8.92. The second-order valence-corrected chi connectivity index (χ2v) is 12.5. The molecular formula is C22H22N2O5S5. The van der Waals surface area contributed by atoms with Gasteiger partial charge in [-0.05, 0) is 42.2 Å². The smallest absolute Gasteiger partial charge is 0.326 e. The van der Waals surface area contributed by atoms with Crippen molar-refractivity contribution < 1.29 is 24.2 Å². The first-order valence-corrected chi connectivity index (χ1v) is 14.8. The summed E-state index contributed by atoms with van der Waals surface area (Å²) < 4.78 is 5.91. The number of carbonyl (C=O) groups excluding carboxylic acids is 2. The maximum absolute atomic E-state index is 12.9. The zero-order chi connectivity index (χ0) is 24.1. The molecule has 0 saturated carbocycles. The number of hydrogen-bond acceptors (Lipinski definition) is 10. The number of hydrogen-bond donors (Lipinski definition) is 1. The Bertz CT molecular complexity index is 1050. The summed E-state index contributed by atoms with van der Waals surface area (Å²) >= 11 is 11.5. The van der Waals surface area contributed by atoms with Gasteiger partial charge in [-0.15, -0.1) is 0 Å². The molecule has 0 bridgehead atoms. The molecule has 3 aliphatic rings. The number of nitrogens with zero attached hydrogens (tertiary/aromatic N) is 2. The lowest BCUT2D eigenvalue weighted by Crippen LogP contribution is -2.37. The summed E-state index contributed by atoms with van der Waals surface area (Å²) in [6, 6.07) is 7.54. The zero-order valence-corrected chi connectivity index (χ0v) is 22.1. The van der Waals surface area contributed by atoms with Crippen LogP contribution in [0.5, 0.6) is 0 Å². The minimum Gasteiger partial charge on any atom is -0.480 e. The summed E-state index contributed by atoms with van der Waals surface area (Å²) in [5.41, 5.74) is 0.815. The number of thioether (sulfide) groups is 4. The fraction of sp³-hybridized carbons (Fsp3) is 0.364. The monoisotopic (exact) mass is 554 g/mol. The van der Waals surface area contributed by atoms with E-state index in [-0.39, 0.29) is 25.1 Å². The van der Waals surface area contributed by atoms with Crippen LogP contribution in [0.3, 0.4) is 0 Å². The zero-order valence-electron chi connectivity index (χ0n) is 18.0. The minimum absolute atomic E-state index is 0.164. The molecule has 1 aromatic rings. The maximum atomic E-state index is 12.9. The van der Waals surface area contributed by atoms with Crippen molar-refractivity contribution in [1.29, 1.82) is 0 Å². The van der Waals surface area contributed by atoms with Gasteiger partial charge in [-0.1, -0.05) is 47.9 Å². The number of anilines is 1. The fourth-order valence-corrected chi connectivity index (χ4v) is 7.95. The number of amides is 1. The van der Waals surface area contributed by atoms with E-state index in [1.807, 2.05) is 24.3 Å². The molecule has 0 spiro atoms. The van der Waals surface area contributed by atoms with E-state index in [0.717, 1.165) is 51.8 Å². The first kappa shape index (κ1) is 25.5. The third kappa shape index (κ3) is 6.34. The van der Waals surface area contributed by atoms with Gasteiger partial charge in [0.05, 0.1) is 15.6 Å². The third-order valence-electron chi connectivity index (χ3n) is 4.95. The number of para-hydroxylation sites is 1. The van der Waals surface area contributed by atoms with Gasteiger partial charge in [0.2, 0.25) is 0 Å². The molecule has 0 atom stereocenters. The average Bonchev–Trinajstić information content (AvgIpc) is 3.25. The number of carbonyl (C=O) groups is 3. The molecule has 2 fully saturated rings. The summed E-state index contributed by atoms with van der Waals surface area (Å²) in [4.78, 5) is 41.1. The lowest BCUT2D eigenvalue weighted by atomic mass is 10.3. The largest absolute Gasteiger partial charge is 0.480 e. The van der Waals surface area contributed by atoms with E-state index in [1.54, 1.807) is 40.6 Å². The number of thiocarbonyl (C=S) groups is 1. The van der Waals surface area contributed by atoms with Crippen LogP contribution in [0, 0.1) is 0 Å². The first-order chi connectivity index (χ1) is 16.4. The Hall–Kier alpha value is -1.60. The Morgan fingerprint density at radius 1 is 1.09 bits per heavy atom. The number of allylic oxidation sites excluding steroid dienone is 2. The van der Waals surface area contributed by atoms with Gasteiger partial charge in [0.25, 0.3) is 5.91 Å². The second-order valence-electron chi connectivity index (χ2n) is 7.46. The number of ether oxygens (including phenoxy) is 1. The van der Waals surface area contributed by atoms with Crippen LogP contribution in [0.1, 0.15) is 6.42 Å². The van der Waals surface area contributed by atoms with Gasteiger partial charge in [-0.2, -0.15) is 23.5 Å². The van der Waals surface area contributed by atoms with Crippen LogP contribution in [-0.2, 0) is 19.1 Å². The van der Waals surface area contributed by atoms with Crippen LogP contribution in [0.15, 0.2) is 51.2 Å². The highest BCUT2D eigenvalue weighted by Crippen LogP contribution is 2.45.